The van der Waals surface area contributed by atoms with E-state index in [1.54, 1.807) is 53.3 Å². The van der Waals surface area contributed by atoms with Gasteiger partial charge in [-0.1, -0.05) is 12.1 Å². The van der Waals surface area contributed by atoms with Crippen LogP contribution in [0.5, 0.6) is 17.2 Å². The lowest BCUT2D eigenvalue weighted by Crippen LogP contribution is -1.95. The van der Waals surface area contributed by atoms with E-state index in [0.717, 1.165) is 22.4 Å². The van der Waals surface area contributed by atoms with Crippen molar-refractivity contribution in [2.24, 2.45) is 0 Å². The van der Waals surface area contributed by atoms with Gasteiger partial charge in [-0.3, -0.25) is 0 Å². The number of hydrogen-bond donors (Lipinski definition) is 2. The lowest BCUT2D eigenvalue weighted by Gasteiger charge is -2.07. The highest BCUT2D eigenvalue weighted by Gasteiger charge is 2.11. The SMILES string of the molecule is COc1cc(-c2cnc3cc(-c4cccc(O)c4)cnn23)ccc1O. The summed E-state index contributed by atoms with van der Waals surface area (Å²) in [5.41, 5.74) is 4.04. The van der Waals surface area contributed by atoms with Gasteiger partial charge in [0.2, 0.25) is 0 Å². The number of phenols is 2. The number of nitrogens with zero attached hydrogens (tertiary/aromatic N) is 3. The molecule has 6 heteroatoms. The summed E-state index contributed by atoms with van der Waals surface area (Å²) in [6.45, 7) is 0. The Bertz CT molecular complexity index is 1070. The first-order valence-corrected chi connectivity index (χ1v) is 7.66. The number of hydrogen-bond acceptors (Lipinski definition) is 5. The normalized spacial score (nSPS) is 10.9. The Hall–Kier alpha value is -3.54. The molecule has 6 nitrogen and oxygen atoms in total. The van der Waals surface area contributed by atoms with Crippen LogP contribution in [-0.4, -0.2) is 31.9 Å². The van der Waals surface area contributed by atoms with Gasteiger partial charge in [-0.25, -0.2) is 9.50 Å². The van der Waals surface area contributed by atoms with Crippen molar-refractivity contribution < 1.29 is 14.9 Å². The van der Waals surface area contributed by atoms with E-state index < -0.39 is 0 Å². The third kappa shape index (κ3) is 2.63. The smallest absolute Gasteiger partial charge is 0.161 e. The molecule has 0 aliphatic heterocycles. The Labute approximate surface area is 143 Å². The summed E-state index contributed by atoms with van der Waals surface area (Å²) in [5.74, 6) is 0.681. The average molecular weight is 333 g/mol. The molecule has 4 aromatic rings. The van der Waals surface area contributed by atoms with Crippen LogP contribution in [0, 0.1) is 0 Å². The van der Waals surface area contributed by atoms with Gasteiger partial charge >= 0.3 is 0 Å². The maximum atomic E-state index is 9.75. The minimum Gasteiger partial charge on any atom is -0.508 e. The monoisotopic (exact) mass is 333 g/mol. The maximum Gasteiger partial charge on any atom is 0.161 e. The van der Waals surface area contributed by atoms with Crippen LogP contribution in [0.2, 0.25) is 0 Å². The quantitative estimate of drug-likeness (QED) is 0.600. The third-order valence-electron chi connectivity index (χ3n) is 4.02. The molecule has 0 spiro atoms. The van der Waals surface area contributed by atoms with Crippen molar-refractivity contribution in [2.75, 3.05) is 7.11 Å². The molecule has 0 fully saturated rings. The molecule has 0 unspecified atom stereocenters. The second kappa shape index (κ2) is 5.83. The van der Waals surface area contributed by atoms with E-state index in [4.69, 9.17) is 4.74 Å². The standard InChI is InChI=1S/C19H15N3O3/c1-25-18-8-13(5-6-17(18)24)16-11-20-19-9-14(10-21-22(16)19)12-3-2-4-15(23)7-12/h2-11,23-24H,1H3. The van der Waals surface area contributed by atoms with Crippen LogP contribution < -0.4 is 4.74 Å². The lowest BCUT2D eigenvalue weighted by atomic mass is 10.1. The number of methoxy groups -OCH3 is 1. The maximum absolute atomic E-state index is 9.75. The molecule has 0 amide bonds. The van der Waals surface area contributed by atoms with Crippen molar-refractivity contribution in [3.05, 3.63) is 60.9 Å². The molecule has 0 saturated carbocycles. The highest BCUT2D eigenvalue weighted by Crippen LogP contribution is 2.32. The molecule has 25 heavy (non-hydrogen) atoms. The number of fused-ring (bicyclic) bond motifs is 1. The molecule has 0 atom stereocenters. The number of imidazole rings is 1. The molecular weight excluding hydrogens is 318 g/mol. The molecule has 0 saturated heterocycles. The number of benzene rings is 2. The molecule has 4 rings (SSSR count). The lowest BCUT2D eigenvalue weighted by molar-refractivity contribution is 0.373. The van der Waals surface area contributed by atoms with Gasteiger partial charge in [0.1, 0.15) is 5.75 Å². The van der Waals surface area contributed by atoms with E-state index in [1.165, 1.54) is 7.11 Å². The molecule has 2 heterocycles. The molecule has 124 valence electrons. The van der Waals surface area contributed by atoms with Crippen LogP contribution in [0.3, 0.4) is 0 Å². The average Bonchev–Trinajstić information content (AvgIpc) is 3.05. The minimum absolute atomic E-state index is 0.0826. The van der Waals surface area contributed by atoms with Crippen LogP contribution in [0.4, 0.5) is 0 Å². The molecule has 2 N–H and O–H groups in total. The van der Waals surface area contributed by atoms with Crippen LogP contribution in [0.25, 0.3) is 28.0 Å². The molecule has 0 radical (unpaired) electrons. The first kappa shape index (κ1) is 15.0. The number of aromatic hydroxyl groups is 2. The van der Waals surface area contributed by atoms with Gasteiger partial charge in [-0.05, 0) is 42.0 Å². The van der Waals surface area contributed by atoms with E-state index in [-0.39, 0.29) is 11.5 Å². The first-order chi connectivity index (χ1) is 12.2. The van der Waals surface area contributed by atoms with E-state index in [1.807, 2.05) is 12.1 Å². The summed E-state index contributed by atoms with van der Waals surface area (Å²) < 4.78 is 6.88. The third-order valence-corrected chi connectivity index (χ3v) is 4.02. The Morgan fingerprint density at radius 2 is 1.80 bits per heavy atom. The van der Waals surface area contributed by atoms with Gasteiger partial charge in [-0.15, -0.1) is 0 Å². The summed E-state index contributed by atoms with van der Waals surface area (Å²) in [6.07, 6.45) is 3.45. The summed E-state index contributed by atoms with van der Waals surface area (Å²) in [5, 5.41) is 23.9. The van der Waals surface area contributed by atoms with Gasteiger partial charge in [0.05, 0.1) is 25.2 Å². The molecule has 0 bridgehead atoms. The predicted molar refractivity (Wildman–Crippen MR) is 93.7 cm³/mol. The fourth-order valence-corrected chi connectivity index (χ4v) is 2.75. The van der Waals surface area contributed by atoms with Crippen LogP contribution >= 0.6 is 0 Å². The summed E-state index contributed by atoms with van der Waals surface area (Å²) in [6, 6.07) is 14.0. The Kier molecular flexibility index (Phi) is 3.50. The first-order valence-electron chi connectivity index (χ1n) is 7.66. The fraction of sp³-hybridized carbons (Fsp3) is 0.0526. The molecular formula is C19H15N3O3. The van der Waals surface area contributed by atoms with Crippen molar-refractivity contribution in [3.63, 3.8) is 0 Å². The van der Waals surface area contributed by atoms with E-state index in [0.29, 0.717) is 11.4 Å². The van der Waals surface area contributed by atoms with Crippen molar-refractivity contribution >= 4 is 5.65 Å². The fourth-order valence-electron chi connectivity index (χ4n) is 2.75. The van der Waals surface area contributed by atoms with Crippen LogP contribution in [0.15, 0.2) is 60.9 Å². The zero-order valence-electron chi connectivity index (χ0n) is 13.4. The van der Waals surface area contributed by atoms with E-state index in [9.17, 15) is 10.2 Å². The minimum atomic E-state index is 0.0826. The Morgan fingerprint density at radius 1 is 0.920 bits per heavy atom. The highest BCUT2D eigenvalue weighted by molar-refractivity contribution is 5.71. The Morgan fingerprint density at radius 3 is 2.60 bits per heavy atom. The van der Waals surface area contributed by atoms with Crippen molar-refractivity contribution in [2.45, 2.75) is 0 Å². The molecule has 2 aromatic carbocycles. The summed E-state index contributed by atoms with van der Waals surface area (Å²) in [7, 11) is 1.51. The number of ether oxygens (including phenoxy) is 1. The van der Waals surface area contributed by atoms with Gasteiger partial charge < -0.3 is 14.9 Å². The number of phenolic OH excluding ortho intramolecular Hbond substituents is 2. The van der Waals surface area contributed by atoms with Crippen LogP contribution in [0.1, 0.15) is 0 Å². The predicted octanol–water partition coefficient (Wildman–Crippen LogP) is 3.48. The summed E-state index contributed by atoms with van der Waals surface area (Å²) >= 11 is 0. The second-order valence-corrected chi connectivity index (χ2v) is 5.59. The van der Waals surface area contributed by atoms with Gasteiger partial charge in [-0.2, -0.15) is 5.10 Å². The largest absolute Gasteiger partial charge is 0.508 e. The topological polar surface area (TPSA) is 79.9 Å². The highest BCUT2D eigenvalue weighted by atomic mass is 16.5. The van der Waals surface area contributed by atoms with Gasteiger partial charge in [0.15, 0.2) is 17.1 Å². The summed E-state index contributed by atoms with van der Waals surface area (Å²) in [4.78, 5) is 4.42. The second-order valence-electron chi connectivity index (χ2n) is 5.59. The zero-order valence-corrected chi connectivity index (χ0v) is 13.4. The van der Waals surface area contributed by atoms with Gasteiger partial charge in [0.25, 0.3) is 0 Å². The van der Waals surface area contributed by atoms with Crippen LogP contribution in [-0.2, 0) is 0 Å². The zero-order chi connectivity index (χ0) is 17.4. The molecule has 2 aromatic heterocycles. The van der Waals surface area contributed by atoms with Crippen molar-refractivity contribution in [3.8, 4) is 39.6 Å². The molecule has 0 aliphatic rings. The number of aromatic nitrogens is 3. The van der Waals surface area contributed by atoms with Crippen molar-refractivity contribution in [1.29, 1.82) is 0 Å². The molecule has 0 aliphatic carbocycles. The van der Waals surface area contributed by atoms with Gasteiger partial charge in [0, 0.05) is 11.1 Å². The van der Waals surface area contributed by atoms with E-state index >= 15 is 0 Å². The van der Waals surface area contributed by atoms with E-state index in [2.05, 4.69) is 10.1 Å². The number of rotatable bonds is 3. The van der Waals surface area contributed by atoms with Crippen molar-refractivity contribution in [1.82, 2.24) is 14.6 Å². The Balaban J connectivity index is 1.81.